The van der Waals surface area contributed by atoms with Gasteiger partial charge >= 0.3 is 0 Å². The minimum Gasteiger partial charge on any atom is -0.453 e. The van der Waals surface area contributed by atoms with Gasteiger partial charge in [-0.1, -0.05) is 159 Å². The summed E-state index contributed by atoms with van der Waals surface area (Å²) in [5.74, 6) is 3.39. The maximum atomic E-state index is 6.41. The van der Waals surface area contributed by atoms with Crippen LogP contribution in [0, 0.1) is 0 Å². The summed E-state index contributed by atoms with van der Waals surface area (Å²) in [6.07, 6.45) is 0. The van der Waals surface area contributed by atoms with Gasteiger partial charge in [-0.3, -0.25) is 0 Å². The molecule has 0 fully saturated rings. The summed E-state index contributed by atoms with van der Waals surface area (Å²) in [5.41, 5.74) is 20.9. The number of rotatable bonds is 6. The lowest BCUT2D eigenvalue weighted by molar-refractivity contribution is 0.477. The molecule has 0 saturated carbocycles. The zero-order chi connectivity index (χ0) is 44.6. The van der Waals surface area contributed by atoms with E-state index in [-0.39, 0.29) is 5.41 Å². The van der Waals surface area contributed by atoms with Gasteiger partial charge in [0.15, 0.2) is 23.0 Å². The van der Waals surface area contributed by atoms with E-state index in [2.05, 4.69) is 230 Å². The Morgan fingerprint density at radius 2 is 0.597 bits per heavy atom. The fraction of sp³-hybridized carbons (Fsp3) is 0.0476. The van der Waals surface area contributed by atoms with E-state index in [1.165, 1.54) is 44.5 Å². The van der Waals surface area contributed by atoms with Gasteiger partial charge in [-0.2, -0.15) is 0 Å². The van der Waals surface area contributed by atoms with Gasteiger partial charge in [0.05, 0.1) is 22.7 Å². The molecule has 10 aromatic rings. The summed E-state index contributed by atoms with van der Waals surface area (Å²) in [6, 6.07) is 82.5. The molecule has 1 aliphatic carbocycles. The number of fused-ring (bicyclic) bond motifs is 7. The lowest BCUT2D eigenvalue weighted by atomic mass is 9.80. The molecule has 318 valence electrons. The Kier molecular flexibility index (Phi) is 8.84. The van der Waals surface area contributed by atoms with Crippen molar-refractivity contribution in [3.05, 3.63) is 242 Å². The third-order valence-corrected chi connectivity index (χ3v) is 13.9. The van der Waals surface area contributed by atoms with Crippen molar-refractivity contribution in [2.24, 2.45) is 0 Å². The van der Waals surface area contributed by atoms with Gasteiger partial charge in [-0.05, 0) is 152 Å². The van der Waals surface area contributed by atoms with Gasteiger partial charge < -0.3 is 19.3 Å². The molecule has 0 atom stereocenters. The fourth-order valence-corrected chi connectivity index (χ4v) is 10.4. The lowest BCUT2D eigenvalue weighted by Gasteiger charge is -2.33. The monoisotopic (exact) mass is 860 g/mol. The van der Waals surface area contributed by atoms with Crippen LogP contribution in [0.5, 0.6) is 23.0 Å². The molecule has 2 heterocycles. The normalized spacial score (nSPS) is 13.5. The summed E-state index contributed by atoms with van der Waals surface area (Å²) in [6.45, 7) is 4.73. The van der Waals surface area contributed by atoms with Gasteiger partial charge in [-0.15, -0.1) is 0 Å². The predicted molar refractivity (Wildman–Crippen MR) is 275 cm³/mol. The highest BCUT2D eigenvalue weighted by molar-refractivity contribution is 5.91. The molecule has 4 heteroatoms. The van der Waals surface area contributed by atoms with E-state index >= 15 is 0 Å². The number of benzene rings is 10. The van der Waals surface area contributed by atoms with Gasteiger partial charge in [0.2, 0.25) is 0 Å². The van der Waals surface area contributed by atoms with Crippen molar-refractivity contribution in [2.75, 3.05) is 9.80 Å². The molecule has 0 amide bonds. The van der Waals surface area contributed by atoms with E-state index in [0.29, 0.717) is 0 Å². The summed E-state index contributed by atoms with van der Waals surface area (Å²) in [5, 5.41) is 0. The number of ether oxygens (including phenoxy) is 2. The highest BCUT2D eigenvalue weighted by Gasteiger charge is 2.36. The molecule has 0 radical (unpaired) electrons. The Balaban J connectivity index is 0.763. The second kappa shape index (κ2) is 15.3. The second-order valence-corrected chi connectivity index (χ2v) is 18.1. The third-order valence-electron chi connectivity index (χ3n) is 13.9. The van der Waals surface area contributed by atoms with Crippen LogP contribution in [0.4, 0.5) is 34.1 Å². The second-order valence-electron chi connectivity index (χ2n) is 18.1. The van der Waals surface area contributed by atoms with Crippen molar-refractivity contribution in [2.45, 2.75) is 19.3 Å². The lowest BCUT2D eigenvalue weighted by Crippen LogP contribution is -2.15. The Morgan fingerprint density at radius 3 is 1.00 bits per heavy atom. The van der Waals surface area contributed by atoms with Crippen LogP contribution in [-0.2, 0) is 5.41 Å². The van der Waals surface area contributed by atoms with Gasteiger partial charge in [0, 0.05) is 16.8 Å². The molecular weight excluding hydrogens is 817 g/mol. The van der Waals surface area contributed by atoms with Crippen LogP contribution < -0.4 is 19.3 Å². The highest BCUT2D eigenvalue weighted by atomic mass is 16.5. The van der Waals surface area contributed by atoms with Crippen molar-refractivity contribution in [3.63, 3.8) is 0 Å². The molecule has 10 aromatic carbocycles. The first-order chi connectivity index (χ1) is 32.9. The summed E-state index contributed by atoms with van der Waals surface area (Å²) < 4.78 is 12.8. The smallest absolute Gasteiger partial charge is 0.151 e. The zero-order valence-electron chi connectivity index (χ0n) is 37.2. The fourth-order valence-electron chi connectivity index (χ4n) is 10.4. The van der Waals surface area contributed by atoms with Crippen LogP contribution in [0.1, 0.15) is 25.0 Å². The molecule has 0 aromatic heterocycles. The maximum Gasteiger partial charge on any atom is 0.151 e. The van der Waals surface area contributed by atoms with Crippen LogP contribution in [-0.4, -0.2) is 0 Å². The van der Waals surface area contributed by atoms with E-state index in [1.54, 1.807) is 0 Å². The summed E-state index contributed by atoms with van der Waals surface area (Å²) in [4.78, 5) is 4.59. The molecule has 67 heavy (non-hydrogen) atoms. The molecule has 0 bridgehead atoms. The van der Waals surface area contributed by atoms with Crippen molar-refractivity contribution >= 4 is 34.1 Å². The van der Waals surface area contributed by atoms with E-state index in [9.17, 15) is 0 Å². The molecule has 3 aliphatic rings. The van der Waals surface area contributed by atoms with Crippen LogP contribution in [0.25, 0.3) is 55.6 Å². The zero-order valence-corrected chi connectivity index (χ0v) is 37.2. The Hall–Kier alpha value is -8.60. The van der Waals surface area contributed by atoms with Crippen LogP contribution in [0.2, 0.25) is 0 Å². The number of nitrogens with zero attached hydrogens (tertiary/aromatic N) is 2. The van der Waals surface area contributed by atoms with Crippen LogP contribution in [0.15, 0.2) is 231 Å². The first-order valence-electron chi connectivity index (χ1n) is 23.0. The van der Waals surface area contributed by atoms with E-state index in [4.69, 9.17) is 9.47 Å². The van der Waals surface area contributed by atoms with Crippen molar-refractivity contribution in [3.8, 4) is 78.6 Å². The molecule has 0 saturated heterocycles. The van der Waals surface area contributed by atoms with E-state index in [0.717, 1.165) is 79.4 Å². The Bertz CT molecular complexity index is 3310. The van der Waals surface area contributed by atoms with Gasteiger partial charge in [0.25, 0.3) is 0 Å². The quantitative estimate of drug-likeness (QED) is 0.166. The van der Waals surface area contributed by atoms with E-state index in [1.807, 2.05) is 24.3 Å². The largest absolute Gasteiger partial charge is 0.453 e. The molecule has 2 aliphatic heterocycles. The van der Waals surface area contributed by atoms with Crippen molar-refractivity contribution in [1.82, 2.24) is 0 Å². The summed E-state index contributed by atoms with van der Waals surface area (Å²) >= 11 is 0. The first kappa shape index (κ1) is 38.8. The minimum atomic E-state index is -0.167. The van der Waals surface area contributed by atoms with Gasteiger partial charge in [-0.25, -0.2) is 0 Å². The van der Waals surface area contributed by atoms with Crippen LogP contribution in [0.3, 0.4) is 0 Å². The molecule has 0 N–H and O–H groups in total. The molecule has 13 rings (SSSR count). The number of para-hydroxylation sites is 6. The Morgan fingerprint density at radius 1 is 0.284 bits per heavy atom. The maximum absolute atomic E-state index is 6.41. The average Bonchev–Trinajstić information content (AvgIpc) is 3.61. The standard InChI is InChI=1S/C63H44N2O2/c1-63(2)53-37-45(41-21-25-43(26-22-41)47-31-35-61-57(39-47)64(49-13-5-3-6-14-49)55-17-9-11-19-59(55)66-61)29-33-51(53)52-34-30-46(38-54(52)63)42-23-27-44(28-24-42)48-32-36-62-58(40-48)65(50-15-7-4-8-16-50)56-18-10-12-20-60(56)67-62/h3-40H,1-2H3. The summed E-state index contributed by atoms with van der Waals surface area (Å²) in [7, 11) is 0. The van der Waals surface area contributed by atoms with Crippen molar-refractivity contribution in [1.29, 1.82) is 0 Å². The number of hydrogen-bond acceptors (Lipinski definition) is 4. The van der Waals surface area contributed by atoms with E-state index < -0.39 is 0 Å². The van der Waals surface area contributed by atoms with Crippen LogP contribution >= 0.6 is 0 Å². The SMILES string of the molecule is CC1(C)c2cc(-c3ccc(-c4ccc5c(c4)N(c4ccccc4)c4ccccc4O5)cc3)ccc2-c2ccc(-c3ccc(-c4ccc5c(c4)N(c4ccccc4)c4ccccc4O5)cc3)cc21. The molecule has 4 nitrogen and oxygen atoms in total. The molecular formula is C63H44N2O2. The minimum absolute atomic E-state index is 0.167. The third kappa shape index (κ3) is 6.44. The average molecular weight is 861 g/mol. The highest BCUT2D eigenvalue weighted by Crippen LogP contribution is 2.54. The molecule has 0 spiro atoms. The predicted octanol–water partition coefficient (Wildman–Crippen LogP) is 17.8. The number of hydrogen-bond donors (Lipinski definition) is 0. The van der Waals surface area contributed by atoms with Crippen molar-refractivity contribution < 1.29 is 9.47 Å². The molecule has 0 unspecified atom stereocenters. The van der Waals surface area contributed by atoms with Gasteiger partial charge in [0.1, 0.15) is 0 Å². The number of anilines is 6. The first-order valence-corrected chi connectivity index (χ1v) is 23.0. The topological polar surface area (TPSA) is 24.9 Å². The Labute approximate surface area is 391 Å².